The maximum atomic E-state index is 13.6. The molecule has 0 bridgehead atoms. The Morgan fingerprint density at radius 3 is 2.88 bits per heavy atom. The number of nitrogens with zero attached hydrogens (tertiary/aromatic N) is 2. The smallest absolute Gasteiger partial charge is 0.317 e. The summed E-state index contributed by atoms with van der Waals surface area (Å²) in [6, 6.07) is 5.57. The van der Waals surface area contributed by atoms with Crippen LogP contribution in [0.4, 0.5) is 9.18 Å². The summed E-state index contributed by atoms with van der Waals surface area (Å²) >= 11 is 0. The van der Waals surface area contributed by atoms with Crippen LogP contribution in [-0.2, 0) is 0 Å². The van der Waals surface area contributed by atoms with Gasteiger partial charge in [-0.15, -0.1) is 0 Å². The summed E-state index contributed by atoms with van der Waals surface area (Å²) in [4.78, 5) is 31.9. The number of halogens is 1. The van der Waals surface area contributed by atoms with Crippen LogP contribution in [0.15, 0.2) is 41.5 Å². The van der Waals surface area contributed by atoms with E-state index in [4.69, 9.17) is 4.74 Å². The number of piperidine rings is 1. The molecule has 138 valence electrons. The van der Waals surface area contributed by atoms with Gasteiger partial charge in [0.25, 0.3) is 5.88 Å². The lowest BCUT2D eigenvalue weighted by Crippen LogP contribution is -2.47. The molecule has 1 saturated heterocycles. The van der Waals surface area contributed by atoms with Crippen molar-refractivity contribution in [1.29, 1.82) is 0 Å². The van der Waals surface area contributed by atoms with Crippen LogP contribution in [-0.4, -0.2) is 40.1 Å². The lowest BCUT2D eigenvalue weighted by atomic mass is 10.1. The standard InChI is InChI=1S/C18H21FN4O3/c1-12(13-4-8-20-16(24)11-13)22-18(25)23-9-5-14(6-10-23)26-17-15(19)3-2-7-21-17/h2-4,7-8,11-12,14H,5-6,9-10H2,1H3,(H,20,24)(H,22,25). The number of hydrogen-bond acceptors (Lipinski definition) is 4. The molecule has 0 spiro atoms. The first-order chi connectivity index (χ1) is 12.5. The highest BCUT2D eigenvalue weighted by atomic mass is 19.1. The minimum absolute atomic E-state index is 0.00155. The topological polar surface area (TPSA) is 87.3 Å². The highest BCUT2D eigenvalue weighted by Gasteiger charge is 2.25. The Bertz CT molecular complexity index is 818. The molecule has 7 nitrogen and oxygen atoms in total. The van der Waals surface area contributed by atoms with Gasteiger partial charge in [0, 0.05) is 44.4 Å². The van der Waals surface area contributed by atoms with Crippen LogP contribution in [0.2, 0.25) is 0 Å². The van der Waals surface area contributed by atoms with Crippen molar-refractivity contribution in [2.75, 3.05) is 13.1 Å². The Balaban J connectivity index is 1.50. The number of likely N-dealkylation sites (tertiary alicyclic amines) is 1. The summed E-state index contributed by atoms with van der Waals surface area (Å²) in [7, 11) is 0. The number of nitrogens with one attached hydrogen (secondary N) is 2. The van der Waals surface area contributed by atoms with E-state index in [-0.39, 0.29) is 29.6 Å². The Morgan fingerprint density at radius 1 is 1.42 bits per heavy atom. The molecule has 8 heteroatoms. The number of carbonyl (C=O) groups is 1. The predicted octanol–water partition coefficient (Wildman–Crippen LogP) is 2.22. The summed E-state index contributed by atoms with van der Waals surface area (Å²) in [6.07, 6.45) is 4.07. The van der Waals surface area contributed by atoms with Gasteiger partial charge in [-0.3, -0.25) is 4.79 Å². The molecule has 2 aromatic rings. The zero-order valence-corrected chi connectivity index (χ0v) is 14.4. The molecule has 26 heavy (non-hydrogen) atoms. The highest BCUT2D eigenvalue weighted by Crippen LogP contribution is 2.20. The molecule has 0 radical (unpaired) electrons. The molecule has 2 N–H and O–H groups in total. The van der Waals surface area contributed by atoms with Gasteiger partial charge in [-0.05, 0) is 30.7 Å². The monoisotopic (exact) mass is 360 g/mol. The molecule has 0 saturated carbocycles. The van der Waals surface area contributed by atoms with E-state index >= 15 is 0 Å². The van der Waals surface area contributed by atoms with Gasteiger partial charge in [-0.25, -0.2) is 14.2 Å². The Morgan fingerprint density at radius 2 is 2.19 bits per heavy atom. The average molecular weight is 360 g/mol. The maximum absolute atomic E-state index is 13.6. The van der Waals surface area contributed by atoms with Gasteiger partial charge in [0.15, 0.2) is 5.82 Å². The lowest BCUT2D eigenvalue weighted by Gasteiger charge is -2.32. The van der Waals surface area contributed by atoms with E-state index in [1.54, 1.807) is 17.2 Å². The summed E-state index contributed by atoms with van der Waals surface area (Å²) in [5.74, 6) is -0.488. The first-order valence-corrected chi connectivity index (χ1v) is 8.54. The number of ether oxygens (including phenoxy) is 1. The number of pyridine rings is 2. The van der Waals surface area contributed by atoms with Gasteiger partial charge in [0.2, 0.25) is 5.56 Å². The quantitative estimate of drug-likeness (QED) is 0.875. The molecule has 2 amide bonds. The summed E-state index contributed by atoms with van der Waals surface area (Å²) in [5.41, 5.74) is 0.536. The Labute approximate surface area is 150 Å². The number of hydrogen-bond donors (Lipinski definition) is 2. The van der Waals surface area contributed by atoms with Crippen molar-refractivity contribution in [3.05, 3.63) is 58.4 Å². The van der Waals surface area contributed by atoms with Crippen molar-refractivity contribution in [1.82, 2.24) is 20.2 Å². The second kappa shape index (κ2) is 7.99. The third kappa shape index (κ3) is 4.38. The van der Waals surface area contributed by atoms with E-state index in [1.807, 2.05) is 6.92 Å². The first-order valence-electron chi connectivity index (χ1n) is 8.54. The number of rotatable bonds is 4. The van der Waals surface area contributed by atoms with Crippen molar-refractivity contribution in [3.8, 4) is 5.88 Å². The lowest BCUT2D eigenvalue weighted by molar-refractivity contribution is 0.103. The minimum atomic E-state index is -0.487. The van der Waals surface area contributed by atoms with Crippen LogP contribution in [0.25, 0.3) is 0 Å². The van der Waals surface area contributed by atoms with Gasteiger partial charge in [0.05, 0.1) is 6.04 Å². The molecule has 3 heterocycles. The van der Waals surface area contributed by atoms with Crippen molar-refractivity contribution in [3.63, 3.8) is 0 Å². The fraction of sp³-hybridized carbons (Fsp3) is 0.389. The van der Waals surface area contributed by atoms with Crippen molar-refractivity contribution < 1.29 is 13.9 Å². The van der Waals surface area contributed by atoms with E-state index in [9.17, 15) is 14.0 Å². The van der Waals surface area contributed by atoms with Crippen LogP contribution >= 0.6 is 0 Å². The van der Waals surface area contributed by atoms with E-state index in [0.29, 0.717) is 25.9 Å². The molecular formula is C18H21FN4O3. The number of H-pyrrole nitrogens is 1. The normalized spacial score (nSPS) is 16.2. The fourth-order valence-electron chi connectivity index (χ4n) is 2.88. The Hall–Kier alpha value is -2.90. The second-order valence-corrected chi connectivity index (χ2v) is 6.25. The summed E-state index contributed by atoms with van der Waals surface area (Å²) < 4.78 is 19.2. The van der Waals surface area contributed by atoms with Gasteiger partial charge in [0.1, 0.15) is 6.10 Å². The molecule has 0 aliphatic carbocycles. The van der Waals surface area contributed by atoms with Gasteiger partial charge < -0.3 is 19.9 Å². The number of aromatic nitrogens is 2. The molecule has 0 aromatic carbocycles. The third-order valence-electron chi connectivity index (χ3n) is 4.37. The summed E-state index contributed by atoms with van der Waals surface area (Å²) in [5, 5.41) is 2.89. The van der Waals surface area contributed by atoms with Crippen molar-refractivity contribution in [2.45, 2.75) is 31.9 Å². The molecule has 2 aromatic heterocycles. The van der Waals surface area contributed by atoms with E-state index in [0.717, 1.165) is 5.56 Å². The SMILES string of the molecule is CC(NC(=O)N1CCC(Oc2ncccc2F)CC1)c1cc[nH]c(=O)c1. The van der Waals surface area contributed by atoms with E-state index in [1.165, 1.54) is 24.4 Å². The molecular weight excluding hydrogens is 339 g/mol. The number of aromatic amines is 1. The van der Waals surface area contributed by atoms with Gasteiger partial charge in [-0.1, -0.05) is 0 Å². The zero-order chi connectivity index (χ0) is 18.5. The molecule has 1 fully saturated rings. The zero-order valence-electron chi connectivity index (χ0n) is 14.4. The van der Waals surface area contributed by atoms with Crippen LogP contribution in [0.1, 0.15) is 31.4 Å². The highest BCUT2D eigenvalue weighted by molar-refractivity contribution is 5.74. The fourth-order valence-corrected chi connectivity index (χ4v) is 2.88. The second-order valence-electron chi connectivity index (χ2n) is 6.25. The minimum Gasteiger partial charge on any atom is -0.472 e. The molecule has 1 atom stereocenters. The molecule has 3 rings (SSSR count). The maximum Gasteiger partial charge on any atom is 0.317 e. The third-order valence-corrected chi connectivity index (χ3v) is 4.37. The van der Waals surface area contributed by atoms with Crippen molar-refractivity contribution >= 4 is 6.03 Å². The van der Waals surface area contributed by atoms with Gasteiger partial charge >= 0.3 is 6.03 Å². The van der Waals surface area contributed by atoms with Crippen LogP contribution in [0.5, 0.6) is 5.88 Å². The van der Waals surface area contributed by atoms with E-state index < -0.39 is 5.82 Å². The molecule has 1 aliphatic heterocycles. The number of amides is 2. The van der Waals surface area contributed by atoms with Gasteiger partial charge in [-0.2, -0.15) is 0 Å². The average Bonchev–Trinajstić information content (AvgIpc) is 2.64. The van der Waals surface area contributed by atoms with Crippen LogP contribution in [0, 0.1) is 5.82 Å². The molecule has 1 unspecified atom stereocenters. The number of carbonyl (C=O) groups excluding carboxylic acids is 1. The first kappa shape index (κ1) is 17.9. The number of urea groups is 1. The largest absolute Gasteiger partial charge is 0.472 e. The molecule has 1 aliphatic rings. The summed E-state index contributed by atoms with van der Waals surface area (Å²) in [6.45, 7) is 2.84. The van der Waals surface area contributed by atoms with Crippen LogP contribution in [0.3, 0.4) is 0 Å². The predicted molar refractivity (Wildman–Crippen MR) is 93.4 cm³/mol. The van der Waals surface area contributed by atoms with Crippen LogP contribution < -0.4 is 15.6 Å². The van der Waals surface area contributed by atoms with Crippen molar-refractivity contribution in [2.24, 2.45) is 0 Å². The Kier molecular flexibility index (Phi) is 5.50. The van der Waals surface area contributed by atoms with E-state index in [2.05, 4.69) is 15.3 Å².